The van der Waals surface area contributed by atoms with E-state index in [0.717, 1.165) is 34.2 Å². The molecule has 1 heterocycles. The van der Waals surface area contributed by atoms with Crippen LogP contribution in [0.1, 0.15) is 25.1 Å². The van der Waals surface area contributed by atoms with Crippen LogP contribution >= 0.6 is 23.1 Å². The Morgan fingerprint density at radius 2 is 1.85 bits per heavy atom. The standard InChI is InChI=1S/C21H22N2O2S2/c1-4-16-5-7-18(8-6-16)23(15(2)24)21-22-17(14-27-21)13-26-20-11-9-19(25-3)10-12-20/h5-12,14H,4,13H2,1-3H3. The Morgan fingerprint density at radius 1 is 1.15 bits per heavy atom. The minimum atomic E-state index is -0.0389. The fraction of sp³-hybridized carbons (Fsp3) is 0.238. The largest absolute Gasteiger partial charge is 0.497 e. The zero-order valence-electron chi connectivity index (χ0n) is 15.6. The summed E-state index contributed by atoms with van der Waals surface area (Å²) in [5, 5.41) is 2.72. The average Bonchev–Trinajstić information content (AvgIpc) is 3.15. The number of amides is 1. The third-order valence-electron chi connectivity index (χ3n) is 4.09. The minimum absolute atomic E-state index is 0.0389. The molecule has 140 valence electrons. The fourth-order valence-corrected chi connectivity index (χ4v) is 4.39. The molecule has 0 bridgehead atoms. The van der Waals surface area contributed by atoms with Gasteiger partial charge in [0.25, 0.3) is 0 Å². The van der Waals surface area contributed by atoms with Gasteiger partial charge in [-0.25, -0.2) is 4.98 Å². The van der Waals surface area contributed by atoms with Crippen LogP contribution in [0.25, 0.3) is 0 Å². The topological polar surface area (TPSA) is 42.4 Å². The summed E-state index contributed by atoms with van der Waals surface area (Å²) >= 11 is 3.20. The number of ether oxygens (including phenoxy) is 1. The van der Waals surface area contributed by atoms with Crippen molar-refractivity contribution in [2.24, 2.45) is 0 Å². The maximum atomic E-state index is 12.2. The molecule has 0 atom stereocenters. The normalized spacial score (nSPS) is 10.6. The maximum Gasteiger partial charge on any atom is 0.230 e. The number of anilines is 2. The van der Waals surface area contributed by atoms with Crippen LogP contribution in [0.5, 0.6) is 5.75 Å². The monoisotopic (exact) mass is 398 g/mol. The second-order valence-corrected chi connectivity index (χ2v) is 7.85. The summed E-state index contributed by atoms with van der Waals surface area (Å²) in [5.41, 5.74) is 3.06. The number of thioether (sulfide) groups is 1. The quantitative estimate of drug-likeness (QED) is 0.479. The molecule has 0 unspecified atom stereocenters. The molecule has 0 saturated carbocycles. The molecule has 0 aliphatic carbocycles. The number of benzene rings is 2. The van der Waals surface area contributed by atoms with Gasteiger partial charge in [0.2, 0.25) is 5.91 Å². The van der Waals surface area contributed by atoms with Crippen molar-refractivity contribution < 1.29 is 9.53 Å². The van der Waals surface area contributed by atoms with E-state index in [4.69, 9.17) is 4.74 Å². The number of carbonyl (C=O) groups is 1. The summed E-state index contributed by atoms with van der Waals surface area (Å²) in [6, 6.07) is 16.0. The number of methoxy groups -OCH3 is 1. The van der Waals surface area contributed by atoms with Crippen molar-refractivity contribution in [2.75, 3.05) is 12.0 Å². The molecule has 0 N–H and O–H groups in total. The van der Waals surface area contributed by atoms with E-state index in [1.165, 1.54) is 16.9 Å². The molecule has 0 spiro atoms. The van der Waals surface area contributed by atoms with Gasteiger partial charge in [0.1, 0.15) is 5.75 Å². The first kappa shape index (κ1) is 19.5. The second-order valence-electron chi connectivity index (χ2n) is 5.96. The van der Waals surface area contributed by atoms with E-state index in [-0.39, 0.29) is 5.91 Å². The summed E-state index contributed by atoms with van der Waals surface area (Å²) in [6.07, 6.45) is 0.977. The molecule has 0 fully saturated rings. The van der Waals surface area contributed by atoms with Crippen LogP contribution in [-0.2, 0) is 17.0 Å². The van der Waals surface area contributed by atoms with Gasteiger partial charge in [-0.1, -0.05) is 19.1 Å². The third-order valence-corrected chi connectivity index (χ3v) is 6.01. The first-order valence-corrected chi connectivity index (χ1v) is 10.6. The lowest BCUT2D eigenvalue weighted by atomic mass is 10.1. The number of hydrogen-bond acceptors (Lipinski definition) is 5. The van der Waals surface area contributed by atoms with Crippen molar-refractivity contribution in [3.05, 3.63) is 65.2 Å². The molecule has 0 aliphatic heterocycles. The van der Waals surface area contributed by atoms with Gasteiger partial charge in [0.15, 0.2) is 5.13 Å². The van der Waals surface area contributed by atoms with E-state index >= 15 is 0 Å². The number of rotatable bonds is 7. The first-order chi connectivity index (χ1) is 13.1. The summed E-state index contributed by atoms with van der Waals surface area (Å²) in [4.78, 5) is 19.7. The number of aromatic nitrogens is 1. The number of thiazole rings is 1. The van der Waals surface area contributed by atoms with Crippen LogP contribution in [0.15, 0.2) is 58.8 Å². The van der Waals surface area contributed by atoms with Crippen LogP contribution in [0.3, 0.4) is 0 Å². The van der Waals surface area contributed by atoms with E-state index < -0.39 is 0 Å². The molecule has 0 radical (unpaired) electrons. The Hall–Kier alpha value is -2.31. The zero-order chi connectivity index (χ0) is 19.2. The van der Waals surface area contributed by atoms with Gasteiger partial charge in [0, 0.05) is 23.0 Å². The van der Waals surface area contributed by atoms with Gasteiger partial charge in [-0.15, -0.1) is 23.1 Å². The Kier molecular flexibility index (Phi) is 6.53. The first-order valence-electron chi connectivity index (χ1n) is 8.71. The highest BCUT2D eigenvalue weighted by Gasteiger charge is 2.18. The predicted octanol–water partition coefficient (Wildman–Crippen LogP) is 5.69. The molecular weight excluding hydrogens is 376 g/mol. The van der Waals surface area contributed by atoms with Crippen LogP contribution in [-0.4, -0.2) is 18.0 Å². The predicted molar refractivity (Wildman–Crippen MR) is 113 cm³/mol. The highest BCUT2D eigenvalue weighted by atomic mass is 32.2. The van der Waals surface area contributed by atoms with Crippen molar-refractivity contribution in [3.8, 4) is 5.75 Å². The van der Waals surface area contributed by atoms with Crippen molar-refractivity contribution in [2.45, 2.75) is 30.9 Å². The van der Waals surface area contributed by atoms with Gasteiger partial charge in [-0.3, -0.25) is 9.69 Å². The van der Waals surface area contributed by atoms with Crippen LogP contribution < -0.4 is 9.64 Å². The number of carbonyl (C=O) groups excluding carboxylic acids is 1. The SMILES string of the molecule is CCc1ccc(N(C(C)=O)c2nc(CSc3ccc(OC)cc3)cs2)cc1. The summed E-state index contributed by atoms with van der Waals surface area (Å²) in [5.74, 6) is 1.56. The molecule has 0 aliphatic rings. The molecule has 3 rings (SSSR count). The molecule has 2 aromatic carbocycles. The Morgan fingerprint density at radius 3 is 2.44 bits per heavy atom. The van der Waals surface area contributed by atoms with Crippen molar-refractivity contribution in [1.29, 1.82) is 0 Å². The highest BCUT2D eigenvalue weighted by molar-refractivity contribution is 7.98. The van der Waals surface area contributed by atoms with Crippen LogP contribution in [0, 0.1) is 0 Å². The lowest BCUT2D eigenvalue weighted by Gasteiger charge is -2.18. The summed E-state index contributed by atoms with van der Waals surface area (Å²) in [6.45, 7) is 3.69. The molecule has 3 aromatic rings. The van der Waals surface area contributed by atoms with Gasteiger partial charge >= 0.3 is 0 Å². The van der Waals surface area contributed by atoms with Crippen molar-refractivity contribution in [3.63, 3.8) is 0 Å². The Labute approximate surface area is 168 Å². The van der Waals surface area contributed by atoms with Gasteiger partial charge in [-0.05, 0) is 48.4 Å². The third kappa shape index (κ3) is 4.90. The van der Waals surface area contributed by atoms with Crippen LogP contribution in [0.2, 0.25) is 0 Å². The van der Waals surface area contributed by atoms with Crippen molar-refractivity contribution in [1.82, 2.24) is 4.98 Å². The van der Waals surface area contributed by atoms with E-state index in [1.54, 1.807) is 30.7 Å². The van der Waals surface area contributed by atoms with Gasteiger partial charge in [0.05, 0.1) is 18.5 Å². The van der Waals surface area contributed by atoms with E-state index in [1.807, 2.05) is 41.8 Å². The second kappa shape index (κ2) is 9.06. The molecule has 4 nitrogen and oxygen atoms in total. The molecule has 27 heavy (non-hydrogen) atoms. The fourth-order valence-electron chi connectivity index (χ4n) is 2.60. The minimum Gasteiger partial charge on any atom is -0.497 e. The number of aryl methyl sites for hydroxylation is 1. The Balaban J connectivity index is 1.72. The molecule has 1 amide bonds. The lowest BCUT2D eigenvalue weighted by molar-refractivity contribution is -0.115. The molecule has 0 saturated heterocycles. The van der Waals surface area contributed by atoms with Gasteiger partial charge in [-0.2, -0.15) is 0 Å². The number of nitrogens with zero attached hydrogens (tertiary/aromatic N) is 2. The Bertz CT molecular complexity index is 889. The summed E-state index contributed by atoms with van der Waals surface area (Å²) in [7, 11) is 1.66. The summed E-state index contributed by atoms with van der Waals surface area (Å²) < 4.78 is 5.18. The van der Waals surface area contributed by atoms with Gasteiger partial charge < -0.3 is 4.74 Å². The molecular formula is C21H22N2O2S2. The van der Waals surface area contributed by atoms with Crippen molar-refractivity contribution >= 4 is 39.8 Å². The van der Waals surface area contributed by atoms with E-state index in [0.29, 0.717) is 5.13 Å². The van der Waals surface area contributed by atoms with Crippen LogP contribution in [0.4, 0.5) is 10.8 Å². The average molecular weight is 399 g/mol. The maximum absolute atomic E-state index is 12.2. The smallest absolute Gasteiger partial charge is 0.230 e. The highest BCUT2D eigenvalue weighted by Crippen LogP contribution is 2.31. The van der Waals surface area contributed by atoms with E-state index in [9.17, 15) is 4.79 Å². The van der Waals surface area contributed by atoms with E-state index in [2.05, 4.69) is 24.0 Å². The molecule has 1 aromatic heterocycles. The zero-order valence-corrected chi connectivity index (χ0v) is 17.3. The lowest BCUT2D eigenvalue weighted by Crippen LogP contribution is -2.22. The molecule has 6 heteroatoms. The number of hydrogen-bond donors (Lipinski definition) is 0.